The molecule has 6 nitrogen and oxygen atoms in total. The average Bonchev–Trinajstić information content (AvgIpc) is 2.52. The van der Waals surface area contributed by atoms with Crippen molar-refractivity contribution in [2.45, 2.75) is 33.3 Å². The minimum Gasteiger partial charge on any atom is -0.496 e. The second-order valence-corrected chi connectivity index (χ2v) is 6.90. The van der Waals surface area contributed by atoms with Crippen molar-refractivity contribution in [1.29, 1.82) is 0 Å². The van der Waals surface area contributed by atoms with Crippen LogP contribution in [0.25, 0.3) is 0 Å². The minimum absolute atomic E-state index is 0.0202. The highest BCUT2D eigenvalue weighted by Crippen LogP contribution is 2.27. The molecule has 0 spiro atoms. The van der Waals surface area contributed by atoms with Gasteiger partial charge in [0.15, 0.2) is 5.78 Å². The van der Waals surface area contributed by atoms with Crippen LogP contribution in [0.4, 0.5) is 10.5 Å². The number of methoxy groups -OCH3 is 1. The molecular formula is C18H26N2O4. The van der Waals surface area contributed by atoms with E-state index in [1.807, 2.05) is 32.9 Å². The van der Waals surface area contributed by atoms with Gasteiger partial charge in [-0.2, -0.15) is 0 Å². The Morgan fingerprint density at radius 2 is 1.71 bits per heavy atom. The first-order valence-electron chi connectivity index (χ1n) is 8.13. The smallest absolute Gasteiger partial charge is 0.410 e. The molecular weight excluding hydrogens is 308 g/mol. The summed E-state index contributed by atoms with van der Waals surface area (Å²) in [5, 5.41) is 0. The molecule has 1 aromatic carbocycles. The van der Waals surface area contributed by atoms with Gasteiger partial charge in [-0.05, 0) is 39.8 Å². The van der Waals surface area contributed by atoms with Crippen LogP contribution in [-0.2, 0) is 4.74 Å². The first-order chi connectivity index (χ1) is 11.2. The molecule has 1 heterocycles. The molecule has 0 aliphatic carbocycles. The number of ether oxygens (including phenoxy) is 2. The SMILES string of the molecule is COc1cc(N2CCN(C(=O)OC(C)(C)C)CC2)ccc1C(C)=O. The van der Waals surface area contributed by atoms with Crippen molar-refractivity contribution in [3.63, 3.8) is 0 Å². The molecule has 0 saturated carbocycles. The molecule has 2 rings (SSSR count). The number of Topliss-reactive ketones (excluding diaryl/α,β-unsaturated/α-hetero) is 1. The third-order valence-electron chi connectivity index (χ3n) is 3.86. The Kier molecular flexibility index (Phi) is 5.36. The molecule has 1 fully saturated rings. The number of amides is 1. The van der Waals surface area contributed by atoms with Crippen LogP contribution in [0, 0.1) is 0 Å². The molecule has 0 radical (unpaired) electrons. The van der Waals surface area contributed by atoms with Crippen LogP contribution in [0.5, 0.6) is 5.75 Å². The van der Waals surface area contributed by atoms with E-state index in [-0.39, 0.29) is 11.9 Å². The topological polar surface area (TPSA) is 59.1 Å². The molecule has 0 unspecified atom stereocenters. The lowest BCUT2D eigenvalue weighted by Crippen LogP contribution is -2.50. The van der Waals surface area contributed by atoms with Crippen LogP contribution in [-0.4, -0.2) is 55.7 Å². The van der Waals surface area contributed by atoms with Gasteiger partial charge in [0.05, 0.1) is 12.7 Å². The van der Waals surface area contributed by atoms with E-state index in [4.69, 9.17) is 9.47 Å². The summed E-state index contributed by atoms with van der Waals surface area (Å²) in [6.45, 7) is 9.75. The standard InChI is InChI=1S/C18H26N2O4/c1-13(21)15-7-6-14(12-16(15)23-5)19-8-10-20(11-9-19)17(22)24-18(2,3)4/h6-7,12H,8-11H2,1-5H3. The van der Waals surface area contributed by atoms with Crippen LogP contribution in [0.15, 0.2) is 18.2 Å². The molecule has 24 heavy (non-hydrogen) atoms. The zero-order valence-electron chi connectivity index (χ0n) is 15.1. The van der Waals surface area contributed by atoms with Gasteiger partial charge in [-0.1, -0.05) is 0 Å². The fraction of sp³-hybridized carbons (Fsp3) is 0.556. The highest BCUT2D eigenvalue weighted by atomic mass is 16.6. The number of carbonyl (C=O) groups excluding carboxylic acids is 2. The van der Waals surface area contributed by atoms with E-state index in [0.29, 0.717) is 37.5 Å². The van der Waals surface area contributed by atoms with Gasteiger partial charge in [0.1, 0.15) is 11.4 Å². The zero-order valence-corrected chi connectivity index (χ0v) is 15.1. The average molecular weight is 334 g/mol. The summed E-state index contributed by atoms with van der Waals surface area (Å²) in [7, 11) is 1.56. The number of rotatable bonds is 3. The van der Waals surface area contributed by atoms with Crippen molar-refractivity contribution < 1.29 is 19.1 Å². The Labute approximate surface area is 143 Å². The van der Waals surface area contributed by atoms with E-state index < -0.39 is 5.60 Å². The number of ketones is 1. The summed E-state index contributed by atoms with van der Waals surface area (Å²) >= 11 is 0. The lowest BCUT2D eigenvalue weighted by atomic mass is 10.1. The van der Waals surface area contributed by atoms with Gasteiger partial charge in [-0.15, -0.1) is 0 Å². The first-order valence-corrected chi connectivity index (χ1v) is 8.13. The second kappa shape index (κ2) is 7.11. The van der Waals surface area contributed by atoms with Crippen LogP contribution >= 0.6 is 0 Å². The van der Waals surface area contributed by atoms with Gasteiger partial charge in [0.2, 0.25) is 0 Å². The van der Waals surface area contributed by atoms with Crippen LogP contribution in [0.2, 0.25) is 0 Å². The van der Waals surface area contributed by atoms with Gasteiger partial charge >= 0.3 is 6.09 Å². The molecule has 1 saturated heterocycles. The van der Waals surface area contributed by atoms with E-state index in [2.05, 4.69) is 4.90 Å². The number of nitrogens with zero attached hydrogens (tertiary/aromatic N) is 2. The number of hydrogen-bond acceptors (Lipinski definition) is 5. The van der Waals surface area contributed by atoms with Crippen molar-refractivity contribution in [2.24, 2.45) is 0 Å². The summed E-state index contributed by atoms with van der Waals surface area (Å²) in [6.07, 6.45) is -0.272. The zero-order chi connectivity index (χ0) is 17.9. The summed E-state index contributed by atoms with van der Waals surface area (Å²) in [6, 6.07) is 5.58. The van der Waals surface area contributed by atoms with Crippen molar-refractivity contribution in [2.75, 3.05) is 38.2 Å². The number of benzene rings is 1. The summed E-state index contributed by atoms with van der Waals surface area (Å²) in [5.41, 5.74) is 1.08. The molecule has 0 N–H and O–H groups in total. The van der Waals surface area contributed by atoms with Gasteiger partial charge in [0, 0.05) is 37.9 Å². The Morgan fingerprint density at radius 1 is 1.08 bits per heavy atom. The molecule has 1 amide bonds. The Bertz CT molecular complexity index is 614. The third kappa shape index (κ3) is 4.40. The maximum Gasteiger partial charge on any atom is 0.410 e. The Morgan fingerprint density at radius 3 is 2.21 bits per heavy atom. The van der Waals surface area contributed by atoms with Crippen molar-refractivity contribution >= 4 is 17.6 Å². The number of anilines is 1. The summed E-state index contributed by atoms with van der Waals surface area (Å²) in [5.74, 6) is 0.558. The van der Waals surface area contributed by atoms with Crippen LogP contribution < -0.4 is 9.64 Å². The van der Waals surface area contributed by atoms with Crippen molar-refractivity contribution in [1.82, 2.24) is 4.90 Å². The predicted molar refractivity (Wildman–Crippen MR) is 93.0 cm³/mol. The third-order valence-corrected chi connectivity index (χ3v) is 3.86. The fourth-order valence-corrected chi connectivity index (χ4v) is 2.64. The highest BCUT2D eigenvalue weighted by Gasteiger charge is 2.26. The Hall–Kier alpha value is -2.24. The molecule has 0 bridgehead atoms. The Balaban J connectivity index is 2.02. The van der Waals surface area contributed by atoms with E-state index in [1.54, 1.807) is 18.1 Å². The van der Waals surface area contributed by atoms with Crippen LogP contribution in [0.3, 0.4) is 0 Å². The molecule has 132 valence electrons. The largest absolute Gasteiger partial charge is 0.496 e. The summed E-state index contributed by atoms with van der Waals surface area (Å²) in [4.78, 5) is 27.6. The quantitative estimate of drug-likeness (QED) is 0.796. The second-order valence-electron chi connectivity index (χ2n) is 6.90. The lowest BCUT2D eigenvalue weighted by Gasteiger charge is -2.36. The molecule has 6 heteroatoms. The van der Waals surface area contributed by atoms with Gasteiger partial charge in [-0.3, -0.25) is 4.79 Å². The minimum atomic E-state index is -0.482. The first kappa shape index (κ1) is 18.1. The van der Waals surface area contributed by atoms with E-state index >= 15 is 0 Å². The normalized spacial score (nSPS) is 15.2. The van der Waals surface area contributed by atoms with Crippen molar-refractivity contribution in [3.05, 3.63) is 23.8 Å². The van der Waals surface area contributed by atoms with Gasteiger partial charge in [-0.25, -0.2) is 4.79 Å². The van der Waals surface area contributed by atoms with Gasteiger partial charge in [0.25, 0.3) is 0 Å². The number of piperazine rings is 1. The predicted octanol–water partition coefficient (Wildman–Crippen LogP) is 2.95. The lowest BCUT2D eigenvalue weighted by molar-refractivity contribution is 0.0240. The monoisotopic (exact) mass is 334 g/mol. The fourth-order valence-electron chi connectivity index (χ4n) is 2.64. The highest BCUT2D eigenvalue weighted by molar-refractivity contribution is 5.97. The molecule has 1 aromatic rings. The maximum atomic E-state index is 12.1. The molecule has 1 aliphatic heterocycles. The van der Waals surface area contributed by atoms with E-state index in [1.165, 1.54) is 6.92 Å². The summed E-state index contributed by atoms with van der Waals surface area (Å²) < 4.78 is 10.7. The molecule has 0 atom stereocenters. The maximum absolute atomic E-state index is 12.1. The molecule has 0 aromatic heterocycles. The number of carbonyl (C=O) groups is 2. The van der Waals surface area contributed by atoms with Gasteiger partial charge < -0.3 is 19.3 Å². The van der Waals surface area contributed by atoms with Crippen LogP contribution in [0.1, 0.15) is 38.1 Å². The van der Waals surface area contributed by atoms with E-state index in [0.717, 1.165) is 5.69 Å². The van der Waals surface area contributed by atoms with E-state index in [9.17, 15) is 9.59 Å². The van der Waals surface area contributed by atoms with Crippen molar-refractivity contribution in [3.8, 4) is 5.75 Å². The number of hydrogen-bond donors (Lipinski definition) is 0. The molecule has 1 aliphatic rings.